The second-order valence-electron chi connectivity index (χ2n) is 5.31. The van der Waals surface area contributed by atoms with Crippen molar-refractivity contribution in [1.82, 2.24) is 25.1 Å². The zero-order chi connectivity index (χ0) is 15.5. The summed E-state index contributed by atoms with van der Waals surface area (Å²) < 4.78 is 2.02. The van der Waals surface area contributed by atoms with Crippen LogP contribution in [0.25, 0.3) is 21.9 Å². The van der Waals surface area contributed by atoms with Gasteiger partial charge in [-0.3, -0.25) is 14.6 Å². The SMILES string of the molecule is CC=O.O=c1[nH]n(C2CCCNC2)c2c1cnc1[nH]ccc12. The molecule has 1 aliphatic heterocycles. The maximum atomic E-state index is 12.1. The van der Waals surface area contributed by atoms with Gasteiger partial charge in [-0.1, -0.05) is 0 Å². The summed E-state index contributed by atoms with van der Waals surface area (Å²) in [7, 11) is 0. The van der Waals surface area contributed by atoms with E-state index < -0.39 is 0 Å². The number of aldehydes is 1. The number of carbonyl (C=O) groups excluding carboxylic acids is 1. The number of rotatable bonds is 1. The van der Waals surface area contributed by atoms with Gasteiger partial charge >= 0.3 is 0 Å². The summed E-state index contributed by atoms with van der Waals surface area (Å²) in [6.07, 6.45) is 6.48. The highest BCUT2D eigenvalue weighted by molar-refractivity contribution is 6.02. The number of H-pyrrole nitrogens is 2. The summed E-state index contributed by atoms with van der Waals surface area (Å²) >= 11 is 0. The lowest BCUT2D eigenvalue weighted by atomic mass is 10.1. The van der Waals surface area contributed by atoms with Gasteiger partial charge in [0.05, 0.1) is 16.9 Å². The molecule has 116 valence electrons. The fraction of sp³-hybridized carbons (Fsp3) is 0.400. The quantitative estimate of drug-likeness (QED) is 0.591. The summed E-state index contributed by atoms with van der Waals surface area (Å²) in [5, 5.41) is 8.02. The van der Waals surface area contributed by atoms with Gasteiger partial charge in [0.15, 0.2) is 0 Å². The molecule has 1 saturated heterocycles. The molecule has 22 heavy (non-hydrogen) atoms. The minimum atomic E-state index is -0.0591. The van der Waals surface area contributed by atoms with Crippen molar-refractivity contribution in [2.24, 2.45) is 0 Å². The van der Waals surface area contributed by atoms with Gasteiger partial charge in [-0.15, -0.1) is 0 Å². The lowest BCUT2D eigenvalue weighted by Gasteiger charge is -2.24. The van der Waals surface area contributed by atoms with E-state index >= 15 is 0 Å². The first-order valence-corrected chi connectivity index (χ1v) is 7.43. The average molecular weight is 301 g/mol. The van der Waals surface area contributed by atoms with Crippen molar-refractivity contribution in [3.63, 3.8) is 0 Å². The Morgan fingerprint density at radius 2 is 2.23 bits per heavy atom. The molecule has 3 aromatic heterocycles. The van der Waals surface area contributed by atoms with Gasteiger partial charge in [0.1, 0.15) is 11.9 Å². The minimum absolute atomic E-state index is 0.0591. The van der Waals surface area contributed by atoms with E-state index in [1.54, 1.807) is 6.20 Å². The number of hydrogen-bond acceptors (Lipinski definition) is 4. The molecule has 0 radical (unpaired) electrons. The molecule has 0 saturated carbocycles. The van der Waals surface area contributed by atoms with Crippen molar-refractivity contribution in [3.8, 4) is 0 Å². The molecule has 0 amide bonds. The highest BCUT2D eigenvalue weighted by Crippen LogP contribution is 2.25. The van der Waals surface area contributed by atoms with Crippen molar-refractivity contribution in [2.75, 3.05) is 13.1 Å². The zero-order valence-corrected chi connectivity index (χ0v) is 12.4. The van der Waals surface area contributed by atoms with Crippen LogP contribution in [0.3, 0.4) is 0 Å². The van der Waals surface area contributed by atoms with Crippen LogP contribution in [0, 0.1) is 0 Å². The Morgan fingerprint density at radius 3 is 2.95 bits per heavy atom. The normalized spacial score (nSPS) is 18.1. The Kier molecular flexibility index (Phi) is 4.06. The monoisotopic (exact) mass is 301 g/mol. The Bertz CT molecular complexity index is 838. The lowest BCUT2D eigenvalue weighted by molar-refractivity contribution is -0.106. The molecular formula is C15H19N5O2. The molecule has 0 spiro atoms. The lowest BCUT2D eigenvalue weighted by Crippen LogP contribution is -2.32. The fourth-order valence-corrected chi connectivity index (χ4v) is 2.97. The van der Waals surface area contributed by atoms with Gasteiger partial charge in [0.25, 0.3) is 5.56 Å². The van der Waals surface area contributed by atoms with Gasteiger partial charge in [-0.05, 0) is 32.4 Å². The standard InChI is InChI=1S/C13H15N5O.C2H4O/c19-13-10-7-16-12-9(3-5-15-12)11(10)18(17-13)8-2-1-4-14-6-8;1-2-3/h3,5,7-8,14H,1-2,4,6H2,(H,15,16)(H,17,19);2H,1H3. The van der Waals surface area contributed by atoms with Crippen LogP contribution < -0.4 is 10.9 Å². The Labute approximate surface area is 126 Å². The van der Waals surface area contributed by atoms with E-state index in [1.165, 1.54) is 6.92 Å². The van der Waals surface area contributed by atoms with Crippen LogP contribution in [0.4, 0.5) is 0 Å². The molecule has 1 aliphatic rings. The first kappa shape index (κ1) is 14.5. The summed E-state index contributed by atoms with van der Waals surface area (Å²) in [6.45, 7) is 3.40. The molecule has 4 rings (SSSR count). The molecule has 7 nitrogen and oxygen atoms in total. The average Bonchev–Trinajstić information content (AvgIpc) is 3.13. The molecule has 0 aromatic carbocycles. The van der Waals surface area contributed by atoms with E-state index in [2.05, 4.69) is 20.4 Å². The maximum absolute atomic E-state index is 12.1. The van der Waals surface area contributed by atoms with Crippen molar-refractivity contribution in [2.45, 2.75) is 25.8 Å². The first-order chi connectivity index (χ1) is 10.8. The highest BCUT2D eigenvalue weighted by atomic mass is 16.1. The molecule has 4 heterocycles. The molecule has 1 atom stereocenters. The van der Waals surface area contributed by atoms with Gasteiger partial charge in [0.2, 0.25) is 0 Å². The van der Waals surface area contributed by atoms with Crippen LogP contribution >= 0.6 is 0 Å². The van der Waals surface area contributed by atoms with Gasteiger partial charge in [0, 0.05) is 24.3 Å². The first-order valence-electron chi connectivity index (χ1n) is 7.43. The minimum Gasteiger partial charge on any atom is -0.346 e. The van der Waals surface area contributed by atoms with E-state index in [-0.39, 0.29) is 5.56 Å². The summed E-state index contributed by atoms with van der Waals surface area (Å²) in [5.74, 6) is 0. The van der Waals surface area contributed by atoms with Crippen LogP contribution in [-0.2, 0) is 4.79 Å². The van der Waals surface area contributed by atoms with Gasteiger partial charge in [-0.25, -0.2) is 4.98 Å². The smallest absolute Gasteiger partial charge is 0.273 e. The molecule has 7 heteroatoms. The number of carbonyl (C=O) groups is 1. The maximum Gasteiger partial charge on any atom is 0.273 e. The number of nitrogens with zero attached hydrogens (tertiary/aromatic N) is 2. The topological polar surface area (TPSA) is 95.6 Å². The molecule has 3 N–H and O–H groups in total. The Hall–Kier alpha value is -2.41. The molecule has 0 aliphatic carbocycles. The molecule has 1 fully saturated rings. The molecular weight excluding hydrogens is 282 g/mol. The van der Waals surface area contributed by atoms with E-state index in [0.29, 0.717) is 11.4 Å². The predicted molar refractivity (Wildman–Crippen MR) is 85.1 cm³/mol. The van der Waals surface area contributed by atoms with E-state index in [9.17, 15) is 4.79 Å². The summed E-state index contributed by atoms with van der Waals surface area (Å²) in [5.41, 5.74) is 1.73. The molecule has 0 bridgehead atoms. The second kappa shape index (κ2) is 6.15. The molecule has 3 aromatic rings. The third kappa shape index (κ3) is 2.43. The second-order valence-corrected chi connectivity index (χ2v) is 5.31. The van der Waals surface area contributed by atoms with Crippen molar-refractivity contribution < 1.29 is 4.79 Å². The van der Waals surface area contributed by atoms with Crippen molar-refractivity contribution in [1.29, 1.82) is 0 Å². The summed E-state index contributed by atoms with van der Waals surface area (Å²) in [4.78, 5) is 28.2. The number of fused-ring (bicyclic) bond motifs is 3. The van der Waals surface area contributed by atoms with E-state index in [0.717, 1.165) is 48.8 Å². The zero-order valence-electron chi connectivity index (χ0n) is 12.4. The van der Waals surface area contributed by atoms with E-state index in [1.807, 2.05) is 16.9 Å². The third-order valence-corrected chi connectivity index (χ3v) is 3.90. The van der Waals surface area contributed by atoms with E-state index in [4.69, 9.17) is 4.79 Å². The highest BCUT2D eigenvalue weighted by Gasteiger charge is 2.20. The van der Waals surface area contributed by atoms with Crippen LogP contribution in [-0.4, -0.2) is 39.1 Å². The summed E-state index contributed by atoms with van der Waals surface area (Å²) in [6, 6.07) is 2.28. The Balaban J connectivity index is 0.000000446. The number of piperidine rings is 1. The Morgan fingerprint density at radius 1 is 1.41 bits per heavy atom. The van der Waals surface area contributed by atoms with Crippen LogP contribution in [0.2, 0.25) is 0 Å². The third-order valence-electron chi connectivity index (χ3n) is 3.90. The van der Waals surface area contributed by atoms with Crippen molar-refractivity contribution >= 4 is 28.2 Å². The largest absolute Gasteiger partial charge is 0.346 e. The van der Waals surface area contributed by atoms with Crippen LogP contribution in [0.5, 0.6) is 0 Å². The number of pyridine rings is 1. The molecule has 1 unspecified atom stereocenters. The predicted octanol–water partition coefficient (Wildman–Crippen LogP) is 1.34. The fourth-order valence-electron chi connectivity index (χ4n) is 2.97. The number of nitrogens with one attached hydrogen (secondary N) is 3. The number of aromatic nitrogens is 4. The van der Waals surface area contributed by atoms with Gasteiger partial charge in [-0.2, -0.15) is 0 Å². The van der Waals surface area contributed by atoms with Crippen LogP contribution in [0.15, 0.2) is 23.3 Å². The number of aromatic amines is 2. The van der Waals surface area contributed by atoms with Crippen LogP contribution in [0.1, 0.15) is 25.8 Å². The van der Waals surface area contributed by atoms with Crippen molar-refractivity contribution in [3.05, 3.63) is 28.8 Å². The van der Waals surface area contributed by atoms with Gasteiger partial charge < -0.3 is 15.1 Å². The number of hydrogen-bond donors (Lipinski definition) is 3.